The van der Waals surface area contributed by atoms with E-state index < -0.39 is 0 Å². The quantitative estimate of drug-likeness (QED) is 0.905. The third-order valence-electron chi connectivity index (χ3n) is 5.36. The Kier molecular flexibility index (Phi) is 3.71. The predicted octanol–water partition coefficient (Wildman–Crippen LogP) is 1.81. The van der Waals surface area contributed by atoms with E-state index in [2.05, 4.69) is 17.4 Å². The summed E-state index contributed by atoms with van der Waals surface area (Å²) in [7, 11) is 0. The van der Waals surface area contributed by atoms with Gasteiger partial charge in [-0.2, -0.15) is 0 Å². The summed E-state index contributed by atoms with van der Waals surface area (Å²) in [6, 6.07) is 6.34. The van der Waals surface area contributed by atoms with Crippen LogP contribution in [0.2, 0.25) is 0 Å². The van der Waals surface area contributed by atoms with Gasteiger partial charge < -0.3 is 15.1 Å². The second-order valence-corrected chi connectivity index (χ2v) is 6.81. The number of nitrogens with zero attached hydrogens (tertiary/aromatic N) is 2. The van der Waals surface area contributed by atoms with Crippen molar-refractivity contribution in [1.82, 2.24) is 15.1 Å². The summed E-state index contributed by atoms with van der Waals surface area (Å²) in [5.41, 5.74) is 3.53. The standard InChI is InChI=1S/C18H23N3O2/c22-17(15-7-6-13-3-1-4-14(13)11-15)20-9-2-5-16(12-20)21-10-8-19-18(21)23/h6-7,11,16H,1-5,8-10,12H2,(H,19,23). The van der Waals surface area contributed by atoms with E-state index in [1.165, 1.54) is 17.5 Å². The summed E-state index contributed by atoms with van der Waals surface area (Å²) in [4.78, 5) is 28.5. The van der Waals surface area contributed by atoms with Crippen molar-refractivity contribution in [1.29, 1.82) is 0 Å². The van der Waals surface area contributed by atoms with Crippen molar-refractivity contribution in [2.75, 3.05) is 26.2 Å². The monoisotopic (exact) mass is 313 g/mol. The molecule has 2 aliphatic heterocycles. The van der Waals surface area contributed by atoms with Crippen LogP contribution in [0, 0.1) is 0 Å². The van der Waals surface area contributed by atoms with E-state index in [9.17, 15) is 9.59 Å². The highest BCUT2D eigenvalue weighted by molar-refractivity contribution is 5.94. The lowest BCUT2D eigenvalue weighted by atomic mass is 10.0. The SMILES string of the molecule is O=C(c1ccc2c(c1)CCC2)N1CCCC(N2CCNC2=O)C1. The lowest BCUT2D eigenvalue weighted by Crippen LogP contribution is -2.50. The fourth-order valence-electron chi connectivity index (χ4n) is 4.12. The van der Waals surface area contributed by atoms with Gasteiger partial charge in [0.25, 0.3) is 5.91 Å². The Hall–Kier alpha value is -2.04. The number of urea groups is 1. The molecule has 1 aliphatic carbocycles. The van der Waals surface area contributed by atoms with Crippen molar-refractivity contribution in [2.45, 2.75) is 38.1 Å². The number of piperidine rings is 1. The van der Waals surface area contributed by atoms with Crippen LogP contribution < -0.4 is 5.32 Å². The molecular weight excluding hydrogens is 290 g/mol. The molecule has 1 N–H and O–H groups in total. The Morgan fingerprint density at radius 3 is 2.83 bits per heavy atom. The number of carbonyl (C=O) groups is 2. The van der Waals surface area contributed by atoms with Gasteiger partial charge in [0.15, 0.2) is 0 Å². The zero-order valence-electron chi connectivity index (χ0n) is 13.4. The van der Waals surface area contributed by atoms with E-state index in [-0.39, 0.29) is 18.0 Å². The minimum atomic E-state index is 0.0156. The summed E-state index contributed by atoms with van der Waals surface area (Å²) in [5.74, 6) is 0.115. The van der Waals surface area contributed by atoms with Crippen molar-refractivity contribution in [3.05, 3.63) is 34.9 Å². The molecule has 0 spiro atoms. The second kappa shape index (κ2) is 5.87. The fraction of sp³-hybridized carbons (Fsp3) is 0.556. The first kappa shape index (κ1) is 14.5. The molecule has 23 heavy (non-hydrogen) atoms. The molecule has 3 aliphatic rings. The van der Waals surface area contributed by atoms with Crippen LogP contribution in [-0.4, -0.2) is 54.0 Å². The molecule has 2 heterocycles. The number of rotatable bonds is 2. The van der Waals surface area contributed by atoms with Gasteiger partial charge >= 0.3 is 6.03 Å². The molecule has 5 heteroatoms. The maximum Gasteiger partial charge on any atom is 0.317 e. The molecule has 2 saturated heterocycles. The van der Waals surface area contributed by atoms with Crippen LogP contribution in [0.1, 0.15) is 40.7 Å². The Labute approximate surface area is 136 Å². The van der Waals surface area contributed by atoms with Crippen LogP contribution in [0.4, 0.5) is 4.79 Å². The smallest absolute Gasteiger partial charge is 0.317 e. The van der Waals surface area contributed by atoms with Gasteiger partial charge in [-0.1, -0.05) is 6.07 Å². The first-order valence-corrected chi connectivity index (χ1v) is 8.68. The molecule has 0 bridgehead atoms. The van der Waals surface area contributed by atoms with Crippen LogP contribution >= 0.6 is 0 Å². The Morgan fingerprint density at radius 2 is 2.00 bits per heavy atom. The van der Waals surface area contributed by atoms with E-state index in [1.54, 1.807) is 0 Å². The second-order valence-electron chi connectivity index (χ2n) is 6.81. The van der Waals surface area contributed by atoms with E-state index in [0.717, 1.165) is 44.3 Å². The van der Waals surface area contributed by atoms with Gasteiger partial charge in [0.2, 0.25) is 0 Å². The highest BCUT2D eigenvalue weighted by atomic mass is 16.2. The lowest BCUT2D eigenvalue weighted by Gasteiger charge is -2.37. The van der Waals surface area contributed by atoms with Gasteiger partial charge in [-0.15, -0.1) is 0 Å². The highest BCUT2D eigenvalue weighted by Crippen LogP contribution is 2.25. The third-order valence-corrected chi connectivity index (χ3v) is 5.36. The first-order valence-electron chi connectivity index (χ1n) is 8.68. The number of amides is 3. The number of aryl methyl sites for hydroxylation is 2. The summed E-state index contributed by atoms with van der Waals surface area (Å²) >= 11 is 0. The van der Waals surface area contributed by atoms with Crippen LogP contribution in [0.5, 0.6) is 0 Å². The summed E-state index contributed by atoms with van der Waals surface area (Å²) < 4.78 is 0. The Morgan fingerprint density at radius 1 is 1.13 bits per heavy atom. The summed E-state index contributed by atoms with van der Waals surface area (Å²) in [5, 5.41) is 2.85. The number of fused-ring (bicyclic) bond motifs is 1. The third kappa shape index (κ3) is 2.69. The lowest BCUT2D eigenvalue weighted by molar-refractivity contribution is 0.0634. The van der Waals surface area contributed by atoms with E-state index >= 15 is 0 Å². The molecule has 4 rings (SSSR count). The van der Waals surface area contributed by atoms with Crippen LogP contribution in [0.25, 0.3) is 0 Å². The van der Waals surface area contributed by atoms with Gasteiger partial charge in [-0.25, -0.2) is 4.79 Å². The summed E-state index contributed by atoms with van der Waals surface area (Å²) in [6.07, 6.45) is 5.38. The number of hydrogen-bond donors (Lipinski definition) is 1. The van der Waals surface area contributed by atoms with Crippen molar-refractivity contribution in [3.63, 3.8) is 0 Å². The van der Waals surface area contributed by atoms with Gasteiger partial charge in [-0.05, 0) is 55.4 Å². The van der Waals surface area contributed by atoms with Crippen molar-refractivity contribution >= 4 is 11.9 Å². The highest BCUT2D eigenvalue weighted by Gasteiger charge is 2.33. The average Bonchev–Trinajstić information content (AvgIpc) is 3.22. The molecular formula is C18H23N3O2. The van der Waals surface area contributed by atoms with E-state index in [0.29, 0.717) is 13.1 Å². The van der Waals surface area contributed by atoms with Crippen LogP contribution in [-0.2, 0) is 12.8 Å². The van der Waals surface area contributed by atoms with Gasteiger partial charge in [-0.3, -0.25) is 4.79 Å². The molecule has 3 amide bonds. The molecule has 0 saturated carbocycles. The number of carbonyl (C=O) groups excluding carboxylic acids is 2. The molecule has 122 valence electrons. The van der Waals surface area contributed by atoms with E-state index in [1.807, 2.05) is 15.9 Å². The number of likely N-dealkylation sites (tertiary alicyclic amines) is 1. The topological polar surface area (TPSA) is 52.7 Å². The minimum Gasteiger partial charge on any atom is -0.337 e. The Bertz CT molecular complexity index is 643. The first-order chi connectivity index (χ1) is 11.2. The molecule has 2 fully saturated rings. The molecule has 1 aromatic carbocycles. The largest absolute Gasteiger partial charge is 0.337 e. The van der Waals surface area contributed by atoms with Gasteiger partial charge in [0.1, 0.15) is 0 Å². The molecule has 1 aromatic rings. The van der Waals surface area contributed by atoms with Crippen LogP contribution in [0.3, 0.4) is 0 Å². The number of hydrogen-bond acceptors (Lipinski definition) is 2. The van der Waals surface area contributed by atoms with Crippen molar-refractivity contribution in [3.8, 4) is 0 Å². The maximum atomic E-state index is 12.8. The number of benzene rings is 1. The molecule has 1 unspecified atom stereocenters. The predicted molar refractivity (Wildman–Crippen MR) is 87.5 cm³/mol. The molecule has 0 radical (unpaired) electrons. The zero-order chi connectivity index (χ0) is 15.8. The van der Waals surface area contributed by atoms with Crippen molar-refractivity contribution in [2.24, 2.45) is 0 Å². The Balaban J connectivity index is 1.48. The number of nitrogens with one attached hydrogen (secondary N) is 1. The van der Waals surface area contributed by atoms with Crippen LogP contribution in [0.15, 0.2) is 18.2 Å². The molecule has 0 aromatic heterocycles. The minimum absolute atomic E-state index is 0.0156. The fourth-order valence-corrected chi connectivity index (χ4v) is 4.12. The van der Waals surface area contributed by atoms with E-state index in [4.69, 9.17) is 0 Å². The maximum absolute atomic E-state index is 12.8. The normalized spacial score (nSPS) is 23.8. The van der Waals surface area contributed by atoms with Gasteiger partial charge in [0, 0.05) is 31.7 Å². The van der Waals surface area contributed by atoms with Gasteiger partial charge in [0.05, 0.1) is 6.04 Å². The van der Waals surface area contributed by atoms with Crippen molar-refractivity contribution < 1.29 is 9.59 Å². The zero-order valence-corrected chi connectivity index (χ0v) is 13.4. The average molecular weight is 313 g/mol. The summed E-state index contributed by atoms with van der Waals surface area (Å²) in [6.45, 7) is 2.92. The molecule has 5 nitrogen and oxygen atoms in total. The molecule has 1 atom stereocenters.